The lowest BCUT2D eigenvalue weighted by Gasteiger charge is -2.23. The van der Waals surface area contributed by atoms with Crippen LogP contribution in [-0.2, 0) is 5.41 Å². The molecule has 5 nitrogen and oxygen atoms in total. The number of nitrogens with zero attached hydrogens (tertiary/aromatic N) is 3. The monoisotopic (exact) mass is 306 g/mol. The van der Waals surface area contributed by atoms with Gasteiger partial charge < -0.3 is 10.1 Å². The molecule has 0 atom stereocenters. The molecule has 0 amide bonds. The van der Waals surface area contributed by atoms with Crippen LogP contribution in [0.1, 0.15) is 33.3 Å². The largest absolute Gasteiger partial charge is 0.464 e. The third-order valence-corrected chi connectivity index (χ3v) is 3.01. The summed E-state index contributed by atoms with van der Waals surface area (Å²) in [6, 6.07) is 8.25. The number of anilines is 2. The van der Waals surface area contributed by atoms with Crippen LogP contribution < -0.4 is 10.1 Å². The Morgan fingerprint density at radius 3 is 2.52 bits per heavy atom. The van der Waals surface area contributed by atoms with E-state index in [1.54, 1.807) is 0 Å². The van der Waals surface area contributed by atoms with Crippen LogP contribution in [-0.4, -0.2) is 21.6 Å². The number of para-hydroxylation sites is 1. The summed E-state index contributed by atoms with van der Waals surface area (Å²) in [6.07, 6.45) is 0. The number of ether oxygens (including phenoxy) is 1. The van der Waals surface area contributed by atoms with E-state index in [9.17, 15) is 0 Å². The van der Waals surface area contributed by atoms with Crippen molar-refractivity contribution in [3.05, 3.63) is 35.1 Å². The second-order valence-electron chi connectivity index (χ2n) is 5.56. The van der Waals surface area contributed by atoms with Crippen molar-refractivity contribution >= 4 is 23.2 Å². The van der Waals surface area contributed by atoms with Gasteiger partial charge in [0.05, 0.1) is 6.61 Å². The fourth-order valence-electron chi connectivity index (χ4n) is 1.95. The molecule has 0 saturated heterocycles. The Kier molecular flexibility index (Phi) is 4.63. The van der Waals surface area contributed by atoms with Gasteiger partial charge in [0.2, 0.25) is 11.2 Å². The van der Waals surface area contributed by atoms with Gasteiger partial charge in [-0.15, -0.1) is 0 Å². The van der Waals surface area contributed by atoms with Crippen molar-refractivity contribution in [3.63, 3.8) is 0 Å². The Bertz CT molecular complexity index is 625. The second kappa shape index (κ2) is 6.26. The van der Waals surface area contributed by atoms with E-state index in [-0.39, 0.29) is 16.7 Å². The van der Waals surface area contributed by atoms with Crippen LogP contribution >= 0.6 is 11.6 Å². The van der Waals surface area contributed by atoms with Crippen molar-refractivity contribution < 1.29 is 4.74 Å². The molecule has 1 heterocycles. The highest BCUT2D eigenvalue weighted by Crippen LogP contribution is 2.30. The van der Waals surface area contributed by atoms with Gasteiger partial charge in [0, 0.05) is 5.69 Å². The summed E-state index contributed by atoms with van der Waals surface area (Å²) in [5, 5.41) is 3.29. The standard InChI is InChI=1S/C15H19ClN4O/c1-5-21-14-19-12(16)18-13(20-14)17-11-9-7-6-8-10(11)15(2,3)4/h6-9H,5H2,1-4H3,(H,17,18,19,20). The summed E-state index contributed by atoms with van der Waals surface area (Å²) in [4.78, 5) is 12.2. The van der Waals surface area contributed by atoms with Crippen molar-refractivity contribution in [2.45, 2.75) is 33.1 Å². The number of hydrogen-bond acceptors (Lipinski definition) is 5. The average Bonchev–Trinajstić information content (AvgIpc) is 2.37. The fourth-order valence-corrected chi connectivity index (χ4v) is 2.10. The normalized spacial score (nSPS) is 11.3. The molecule has 2 aromatic rings. The molecule has 2 rings (SSSR count). The fraction of sp³-hybridized carbons (Fsp3) is 0.400. The lowest BCUT2D eigenvalue weighted by Crippen LogP contribution is -2.14. The van der Waals surface area contributed by atoms with Crippen molar-refractivity contribution in [2.24, 2.45) is 0 Å². The van der Waals surface area contributed by atoms with Gasteiger partial charge in [-0.3, -0.25) is 0 Å². The van der Waals surface area contributed by atoms with E-state index in [1.165, 1.54) is 5.56 Å². The number of rotatable bonds is 4. The van der Waals surface area contributed by atoms with Crippen LogP contribution in [0.25, 0.3) is 0 Å². The lowest BCUT2D eigenvalue weighted by molar-refractivity contribution is 0.312. The first-order chi connectivity index (χ1) is 9.90. The topological polar surface area (TPSA) is 59.9 Å². The summed E-state index contributed by atoms with van der Waals surface area (Å²) >= 11 is 5.90. The van der Waals surface area contributed by atoms with Crippen LogP contribution in [0.15, 0.2) is 24.3 Å². The average molecular weight is 307 g/mol. The molecule has 0 aliphatic carbocycles. The highest BCUT2D eigenvalue weighted by Gasteiger charge is 2.18. The van der Waals surface area contributed by atoms with Gasteiger partial charge in [0.1, 0.15) is 0 Å². The Balaban J connectivity index is 2.35. The Morgan fingerprint density at radius 2 is 1.86 bits per heavy atom. The zero-order valence-electron chi connectivity index (χ0n) is 12.6. The Morgan fingerprint density at radius 1 is 1.14 bits per heavy atom. The molecule has 0 aliphatic heterocycles. The minimum atomic E-state index is 0.00314. The number of benzene rings is 1. The summed E-state index contributed by atoms with van der Waals surface area (Å²) < 4.78 is 5.28. The van der Waals surface area contributed by atoms with Crippen molar-refractivity contribution in [2.75, 3.05) is 11.9 Å². The first-order valence-electron chi connectivity index (χ1n) is 6.81. The molecule has 0 fully saturated rings. The lowest BCUT2D eigenvalue weighted by atomic mass is 9.86. The zero-order chi connectivity index (χ0) is 15.5. The van der Waals surface area contributed by atoms with Crippen molar-refractivity contribution in [1.29, 1.82) is 0 Å². The SMILES string of the molecule is CCOc1nc(Cl)nc(Nc2ccccc2C(C)(C)C)n1. The first-order valence-corrected chi connectivity index (χ1v) is 7.19. The van der Waals surface area contributed by atoms with Gasteiger partial charge in [0.15, 0.2) is 0 Å². The van der Waals surface area contributed by atoms with Gasteiger partial charge in [0.25, 0.3) is 0 Å². The minimum absolute atomic E-state index is 0.00314. The molecular formula is C15H19ClN4O. The number of halogens is 1. The number of aromatic nitrogens is 3. The molecule has 0 aliphatic rings. The van der Waals surface area contributed by atoms with Crippen LogP contribution in [0, 0.1) is 0 Å². The maximum Gasteiger partial charge on any atom is 0.322 e. The van der Waals surface area contributed by atoms with Gasteiger partial charge in [-0.1, -0.05) is 39.0 Å². The molecule has 1 aromatic carbocycles. The van der Waals surface area contributed by atoms with Crippen LogP contribution in [0.4, 0.5) is 11.6 Å². The smallest absolute Gasteiger partial charge is 0.322 e. The van der Waals surface area contributed by atoms with E-state index in [0.717, 1.165) is 5.69 Å². The predicted molar refractivity (Wildman–Crippen MR) is 84.4 cm³/mol. The maximum atomic E-state index is 5.90. The van der Waals surface area contributed by atoms with E-state index >= 15 is 0 Å². The Hall–Kier alpha value is -1.88. The molecular weight excluding hydrogens is 288 g/mol. The molecule has 6 heteroatoms. The van der Waals surface area contributed by atoms with Crippen molar-refractivity contribution in [1.82, 2.24) is 15.0 Å². The van der Waals surface area contributed by atoms with Crippen LogP contribution in [0.3, 0.4) is 0 Å². The molecule has 0 radical (unpaired) electrons. The van der Waals surface area contributed by atoms with Crippen molar-refractivity contribution in [3.8, 4) is 6.01 Å². The maximum absolute atomic E-state index is 5.90. The number of hydrogen-bond donors (Lipinski definition) is 1. The first kappa shape index (κ1) is 15.5. The van der Waals surface area contributed by atoms with Gasteiger partial charge in [-0.25, -0.2) is 0 Å². The summed E-state index contributed by atoms with van der Waals surface area (Å²) in [5.41, 5.74) is 2.11. The minimum Gasteiger partial charge on any atom is -0.464 e. The Labute approximate surface area is 129 Å². The molecule has 0 saturated carbocycles. The summed E-state index contributed by atoms with van der Waals surface area (Å²) in [5.74, 6) is 0.371. The van der Waals surface area contributed by atoms with E-state index < -0.39 is 0 Å². The van der Waals surface area contributed by atoms with Gasteiger partial charge >= 0.3 is 6.01 Å². The van der Waals surface area contributed by atoms with E-state index in [0.29, 0.717) is 12.6 Å². The molecule has 0 spiro atoms. The molecule has 1 aromatic heterocycles. The van der Waals surface area contributed by atoms with Crippen LogP contribution in [0.5, 0.6) is 6.01 Å². The van der Waals surface area contributed by atoms with E-state index in [4.69, 9.17) is 16.3 Å². The molecule has 112 valence electrons. The molecule has 0 bridgehead atoms. The van der Waals surface area contributed by atoms with Gasteiger partial charge in [-0.2, -0.15) is 15.0 Å². The van der Waals surface area contributed by atoms with E-state index in [1.807, 2.05) is 25.1 Å². The predicted octanol–water partition coefficient (Wildman–Crippen LogP) is 3.96. The quantitative estimate of drug-likeness (QED) is 0.926. The molecule has 0 unspecified atom stereocenters. The second-order valence-corrected chi connectivity index (χ2v) is 5.90. The molecule has 1 N–H and O–H groups in total. The van der Waals surface area contributed by atoms with Crippen LogP contribution in [0.2, 0.25) is 5.28 Å². The highest BCUT2D eigenvalue weighted by molar-refractivity contribution is 6.28. The summed E-state index contributed by atoms with van der Waals surface area (Å²) in [7, 11) is 0. The third kappa shape index (κ3) is 4.04. The molecule has 21 heavy (non-hydrogen) atoms. The van der Waals surface area contributed by atoms with Gasteiger partial charge in [-0.05, 0) is 35.6 Å². The highest BCUT2D eigenvalue weighted by atomic mass is 35.5. The van der Waals surface area contributed by atoms with E-state index in [2.05, 4.69) is 47.1 Å². The number of nitrogens with one attached hydrogen (secondary N) is 1. The third-order valence-electron chi connectivity index (χ3n) is 2.84. The summed E-state index contributed by atoms with van der Waals surface area (Å²) in [6.45, 7) is 8.79. The zero-order valence-corrected chi connectivity index (χ0v) is 13.4.